The number of hydrogen-bond acceptors (Lipinski definition) is 0. The second-order valence-corrected chi connectivity index (χ2v) is 6.50. The Morgan fingerprint density at radius 3 is 2.16 bits per heavy atom. The number of hydrogen-bond donors (Lipinski definition) is 0. The van der Waals surface area contributed by atoms with Gasteiger partial charge in [0.25, 0.3) is 0 Å². The average Bonchev–Trinajstić information content (AvgIpc) is 2.75. The largest absolute Gasteiger partial charge is 0.0622 e. The van der Waals surface area contributed by atoms with E-state index in [1.807, 2.05) is 0 Å². The molecular formula is C19H27. The molecule has 103 valence electrons. The fourth-order valence-corrected chi connectivity index (χ4v) is 4.28. The van der Waals surface area contributed by atoms with E-state index in [4.69, 9.17) is 0 Å². The van der Waals surface area contributed by atoms with Crippen molar-refractivity contribution >= 4 is 0 Å². The highest BCUT2D eigenvalue weighted by atomic mass is 14.4. The lowest BCUT2D eigenvalue weighted by Gasteiger charge is -2.35. The van der Waals surface area contributed by atoms with Gasteiger partial charge in [0.1, 0.15) is 0 Å². The Morgan fingerprint density at radius 2 is 1.37 bits per heavy atom. The summed E-state index contributed by atoms with van der Waals surface area (Å²) in [6.45, 7) is 0. The summed E-state index contributed by atoms with van der Waals surface area (Å²) in [5.41, 5.74) is 1.54. The van der Waals surface area contributed by atoms with Gasteiger partial charge in [-0.05, 0) is 30.2 Å². The fraction of sp³-hybridized carbons (Fsp3) is 0.632. The molecule has 0 amide bonds. The number of benzene rings is 1. The first-order valence-electron chi connectivity index (χ1n) is 8.36. The third kappa shape index (κ3) is 3.22. The molecule has 0 nitrogen and oxygen atoms in total. The van der Waals surface area contributed by atoms with Gasteiger partial charge in [0.15, 0.2) is 0 Å². The molecule has 0 spiro atoms. The average molecular weight is 255 g/mol. The zero-order chi connectivity index (χ0) is 12.9. The lowest BCUT2D eigenvalue weighted by molar-refractivity contribution is 0.248. The second-order valence-electron chi connectivity index (χ2n) is 6.50. The third-order valence-electron chi connectivity index (χ3n) is 5.27. The summed E-state index contributed by atoms with van der Waals surface area (Å²) in [5.74, 6) is 3.68. The monoisotopic (exact) mass is 255 g/mol. The molecule has 0 N–H and O–H groups in total. The molecule has 2 fully saturated rings. The molecule has 1 radical (unpaired) electrons. The van der Waals surface area contributed by atoms with Gasteiger partial charge < -0.3 is 0 Å². The van der Waals surface area contributed by atoms with Crippen LogP contribution in [0, 0.1) is 17.8 Å². The van der Waals surface area contributed by atoms with Gasteiger partial charge in [0.05, 0.1) is 0 Å². The Balaban J connectivity index is 1.80. The first-order chi connectivity index (χ1) is 9.45. The van der Waals surface area contributed by atoms with Gasteiger partial charge in [-0.2, -0.15) is 0 Å². The van der Waals surface area contributed by atoms with E-state index in [1.165, 1.54) is 64.2 Å². The van der Waals surface area contributed by atoms with Crippen molar-refractivity contribution in [2.24, 2.45) is 11.8 Å². The third-order valence-corrected chi connectivity index (χ3v) is 5.27. The topological polar surface area (TPSA) is 0 Å². The molecule has 19 heavy (non-hydrogen) atoms. The van der Waals surface area contributed by atoms with Crippen LogP contribution >= 0.6 is 0 Å². The smallest absolute Gasteiger partial charge is 0.00834 e. The zero-order valence-electron chi connectivity index (χ0n) is 12.1. The summed E-state index contributed by atoms with van der Waals surface area (Å²) in [6.07, 6.45) is 14.5. The van der Waals surface area contributed by atoms with E-state index in [9.17, 15) is 0 Å². The van der Waals surface area contributed by atoms with E-state index < -0.39 is 0 Å². The van der Waals surface area contributed by atoms with Crippen molar-refractivity contribution < 1.29 is 0 Å². The summed E-state index contributed by atoms with van der Waals surface area (Å²) < 4.78 is 0. The molecule has 1 atom stereocenters. The second kappa shape index (κ2) is 6.59. The normalized spacial score (nSPS) is 27.1. The van der Waals surface area contributed by atoms with Crippen LogP contribution in [0.4, 0.5) is 0 Å². The van der Waals surface area contributed by atoms with Gasteiger partial charge >= 0.3 is 0 Å². The summed E-state index contributed by atoms with van der Waals surface area (Å²) in [5, 5.41) is 0. The molecule has 1 unspecified atom stereocenters. The minimum atomic E-state index is 0.894. The molecule has 0 aromatic heterocycles. The van der Waals surface area contributed by atoms with Crippen molar-refractivity contribution in [1.29, 1.82) is 0 Å². The Labute approximate surface area is 118 Å². The molecule has 0 bridgehead atoms. The highest BCUT2D eigenvalue weighted by Gasteiger charge is 2.32. The van der Waals surface area contributed by atoms with Gasteiger partial charge in [-0.3, -0.25) is 0 Å². The summed E-state index contributed by atoms with van der Waals surface area (Å²) >= 11 is 0. The molecule has 1 aromatic carbocycles. The fourth-order valence-electron chi connectivity index (χ4n) is 4.28. The van der Waals surface area contributed by atoms with Crippen molar-refractivity contribution in [2.75, 3.05) is 0 Å². The maximum atomic E-state index is 2.34. The SMILES string of the molecule is c1ccc([C]2CCCCCC2C2CCCCC2)cc1. The van der Waals surface area contributed by atoms with Crippen molar-refractivity contribution in [3.05, 3.63) is 41.8 Å². The Hall–Kier alpha value is -0.780. The van der Waals surface area contributed by atoms with Gasteiger partial charge in [0.2, 0.25) is 0 Å². The van der Waals surface area contributed by atoms with Crippen LogP contribution in [-0.4, -0.2) is 0 Å². The van der Waals surface area contributed by atoms with Crippen molar-refractivity contribution in [2.45, 2.75) is 64.2 Å². The highest BCUT2D eigenvalue weighted by molar-refractivity contribution is 5.32. The van der Waals surface area contributed by atoms with E-state index >= 15 is 0 Å². The Morgan fingerprint density at radius 1 is 0.684 bits per heavy atom. The van der Waals surface area contributed by atoms with E-state index in [2.05, 4.69) is 30.3 Å². The van der Waals surface area contributed by atoms with Crippen LogP contribution in [0.25, 0.3) is 0 Å². The molecule has 1 aromatic rings. The molecule has 0 aliphatic heterocycles. The van der Waals surface area contributed by atoms with Crippen LogP contribution in [-0.2, 0) is 0 Å². The van der Waals surface area contributed by atoms with Crippen LogP contribution in [0.15, 0.2) is 30.3 Å². The molecule has 2 aliphatic rings. The van der Waals surface area contributed by atoms with Crippen LogP contribution in [0.2, 0.25) is 0 Å². The van der Waals surface area contributed by atoms with Crippen LogP contribution in [0.1, 0.15) is 69.8 Å². The molecule has 0 saturated heterocycles. The Bertz CT molecular complexity index is 361. The van der Waals surface area contributed by atoms with E-state index in [0.29, 0.717) is 0 Å². The quantitative estimate of drug-likeness (QED) is 0.588. The van der Waals surface area contributed by atoms with Gasteiger partial charge in [-0.1, -0.05) is 81.7 Å². The predicted octanol–water partition coefficient (Wildman–Crippen LogP) is 5.77. The van der Waals surface area contributed by atoms with Crippen LogP contribution in [0.3, 0.4) is 0 Å². The minimum absolute atomic E-state index is 0.894. The van der Waals surface area contributed by atoms with Gasteiger partial charge in [0, 0.05) is 5.92 Å². The molecule has 2 saturated carbocycles. The summed E-state index contributed by atoms with van der Waals surface area (Å²) in [4.78, 5) is 0. The molecule has 3 rings (SSSR count). The summed E-state index contributed by atoms with van der Waals surface area (Å²) in [6, 6.07) is 11.3. The van der Waals surface area contributed by atoms with Crippen molar-refractivity contribution in [1.82, 2.24) is 0 Å². The van der Waals surface area contributed by atoms with Gasteiger partial charge in [-0.25, -0.2) is 0 Å². The lowest BCUT2D eigenvalue weighted by atomic mass is 9.70. The molecule has 0 heteroatoms. The maximum absolute atomic E-state index is 2.34. The van der Waals surface area contributed by atoms with E-state index in [-0.39, 0.29) is 0 Å². The molecular weight excluding hydrogens is 228 g/mol. The molecule has 2 aliphatic carbocycles. The maximum Gasteiger partial charge on any atom is 0.00834 e. The highest BCUT2D eigenvalue weighted by Crippen LogP contribution is 2.44. The van der Waals surface area contributed by atoms with Crippen molar-refractivity contribution in [3.63, 3.8) is 0 Å². The minimum Gasteiger partial charge on any atom is -0.0622 e. The Kier molecular flexibility index (Phi) is 4.58. The van der Waals surface area contributed by atoms with E-state index in [0.717, 1.165) is 11.8 Å². The lowest BCUT2D eigenvalue weighted by Crippen LogP contribution is -2.24. The van der Waals surface area contributed by atoms with Gasteiger partial charge in [-0.15, -0.1) is 0 Å². The molecule has 0 heterocycles. The standard InChI is InChI=1S/C19H27/c1-4-10-16(11-5-1)18-14-8-3-9-15-19(18)17-12-6-2-7-13-17/h1,4-5,10-11,17,19H,2-3,6-9,12-15H2. The van der Waals surface area contributed by atoms with Crippen LogP contribution in [0.5, 0.6) is 0 Å². The van der Waals surface area contributed by atoms with E-state index in [1.54, 1.807) is 11.5 Å². The summed E-state index contributed by atoms with van der Waals surface area (Å²) in [7, 11) is 0. The first kappa shape index (κ1) is 13.2. The van der Waals surface area contributed by atoms with Crippen LogP contribution < -0.4 is 0 Å². The first-order valence-corrected chi connectivity index (χ1v) is 8.36. The van der Waals surface area contributed by atoms with Crippen molar-refractivity contribution in [3.8, 4) is 0 Å². The zero-order valence-corrected chi connectivity index (χ0v) is 12.1. The predicted molar refractivity (Wildman–Crippen MR) is 81.9 cm³/mol. The number of rotatable bonds is 2.